The summed E-state index contributed by atoms with van der Waals surface area (Å²) in [7, 11) is 0. The van der Waals surface area contributed by atoms with Gasteiger partial charge in [-0.2, -0.15) is 5.10 Å². The molecule has 2 fully saturated rings. The summed E-state index contributed by atoms with van der Waals surface area (Å²) in [5.41, 5.74) is 3.04. The Morgan fingerprint density at radius 1 is 1.08 bits per heavy atom. The summed E-state index contributed by atoms with van der Waals surface area (Å²) < 4.78 is 7.58. The van der Waals surface area contributed by atoms with Crippen molar-refractivity contribution in [1.82, 2.24) is 19.7 Å². The van der Waals surface area contributed by atoms with Crippen molar-refractivity contribution in [2.45, 2.75) is 25.3 Å². The van der Waals surface area contributed by atoms with Crippen molar-refractivity contribution in [2.24, 2.45) is 0 Å². The fourth-order valence-corrected chi connectivity index (χ4v) is 3.76. The Morgan fingerprint density at radius 2 is 1.92 bits per heavy atom. The van der Waals surface area contributed by atoms with E-state index in [1.807, 2.05) is 12.3 Å². The molecule has 0 amide bonds. The van der Waals surface area contributed by atoms with Gasteiger partial charge >= 0.3 is 0 Å². The van der Waals surface area contributed by atoms with Crippen molar-refractivity contribution in [3.8, 4) is 11.3 Å². The van der Waals surface area contributed by atoms with E-state index in [9.17, 15) is 0 Å². The first-order valence-corrected chi connectivity index (χ1v) is 9.51. The van der Waals surface area contributed by atoms with E-state index in [1.54, 1.807) is 0 Å². The Bertz CT molecular complexity index is 946. The van der Waals surface area contributed by atoms with Gasteiger partial charge in [-0.1, -0.05) is 23.7 Å². The molecule has 7 heteroatoms. The van der Waals surface area contributed by atoms with Gasteiger partial charge in [0.1, 0.15) is 5.15 Å². The number of halogens is 1. The number of fused-ring (bicyclic) bond motifs is 1. The molecule has 5 rings (SSSR count). The van der Waals surface area contributed by atoms with Crippen LogP contribution in [0.2, 0.25) is 5.15 Å². The molecule has 1 aliphatic heterocycles. The fraction of sp³-hybridized carbons (Fsp3) is 0.421. The average molecular weight is 370 g/mol. The number of anilines is 1. The second-order valence-corrected chi connectivity index (χ2v) is 7.31. The van der Waals surface area contributed by atoms with Crippen LogP contribution >= 0.6 is 11.6 Å². The second kappa shape index (κ2) is 6.52. The first-order valence-electron chi connectivity index (χ1n) is 9.13. The molecule has 6 nitrogen and oxygen atoms in total. The summed E-state index contributed by atoms with van der Waals surface area (Å²) in [4.78, 5) is 11.3. The Labute approximate surface area is 156 Å². The maximum atomic E-state index is 6.30. The third-order valence-electron chi connectivity index (χ3n) is 5.29. The van der Waals surface area contributed by atoms with Crippen LogP contribution in [0.15, 0.2) is 30.5 Å². The lowest BCUT2D eigenvalue weighted by atomic mass is 9.93. The van der Waals surface area contributed by atoms with Crippen LogP contribution in [-0.2, 0) is 4.74 Å². The van der Waals surface area contributed by atoms with Crippen molar-refractivity contribution in [3.05, 3.63) is 35.6 Å². The van der Waals surface area contributed by atoms with Gasteiger partial charge in [-0.25, -0.2) is 9.97 Å². The molecule has 3 aromatic rings. The lowest BCUT2D eigenvalue weighted by molar-refractivity contribution is 0.122. The molecule has 0 radical (unpaired) electrons. The molecule has 0 unspecified atom stereocenters. The van der Waals surface area contributed by atoms with Gasteiger partial charge < -0.3 is 9.64 Å². The van der Waals surface area contributed by atoms with Crippen LogP contribution in [0.25, 0.3) is 22.2 Å². The van der Waals surface area contributed by atoms with Crippen LogP contribution in [0.5, 0.6) is 0 Å². The zero-order valence-corrected chi connectivity index (χ0v) is 15.2. The van der Waals surface area contributed by atoms with Gasteiger partial charge in [-0.3, -0.25) is 4.68 Å². The van der Waals surface area contributed by atoms with E-state index in [0.29, 0.717) is 30.4 Å². The molecule has 0 atom stereocenters. The van der Waals surface area contributed by atoms with Crippen LogP contribution < -0.4 is 4.90 Å². The van der Waals surface area contributed by atoms with Crippen LogP contribution in [0.3, 0.4) is 0 Å². The van der Waals surface area contributed by atoms with Gasteiger partial charge in [0.05, 0.1) is 36.7 Å². The third-order valence-corrected chi connectivity index (χ3v) is 5.49. The molecular formula is C19H20ClN5O. The molecule has 0 bridgehead atoms. The molecule has 1 saturated carbocycles. The second-order valence-electron chi connectivity index (χ2n) is 6.92. The zero-order valence-electron chi connectivity index (χ0n) is 14.4. The highest BCUT2D eigenvalue weighted by Gasteiger charge is 2.22. The minimum absolute atomic E-state index is 0.462. The number of rotatable bonds is 3. The summed E-state index contributed by atoms with van der Waals surface area (Å²) in [5, 5.41) is 6.22. The van der Waals surface area contributed by atoms with E-state index in [-0.39, 0.29) is 0 Å². The Balaban J connectivity index is 1.55. The first-order chi connectivity index (χ1) is 12.8. The Hall–Kier alpha value is -2.18. The molecule has 1 saturated heterocycles. The van der Waals surface area contributed by atoms with Crippen molar-refractivity contribution < 1.29 is 4.74 Å². The largest absolute Gasteiger partial charge is 0.378 e. The quantitative estimate of drug-likeness (QED) is 0.659. The molecule has 2 aromatic heterocycles. The minimum Gasteiger partial charge on any atom is -0.378 e. The summed E-state index contributed by atoms with van der Waals surface area (Å²) in [6.45, 7) is 2.95. The van der Waals surface area contributed by atoms with E-state index < -0.39 is 0 Å². The maximum Gasteiger partial charge on any atom is 0.227 e. The van der Waals surface area contributed by atoms with E-state index in [0.717, 1.165) is 35.2 Å². The SMILES string of the molecule is Clc1cc(-c2ccc3cnn(C4CCC4)c3c2)nc(N2CCOCC2)n1. The zero-order chi connectivity index (χ0) is 17.5. The van der Waals surface area contributed by atoms with Crippen molar-refractivity contribution >= 4 is 28.5 Å². The standard InChI is InChI=1S/C19H20ClN5O/c20-18-11-16(22-19(23-18)24-6-8-26-9-7-24)13-4-5-14-12-21-25(17(14)10-13)15-2-1-3-15/h4-5,10-12,15H,1-3,6-9H2. The number of hydrogen-bond donors (Lipinski definition) is 0. The molecule has 134 valence electrons. The minimum atomic E-state index is 0.462. The van der Waals surface area contributed by atoms with Crippen LogP contribution in [-0.4, -0.2) is 46.1 Å². The van der Waals surface area contributed by atoms with E-state index >= 15 is 0 Å². The number of hydrogen-bond acceptors (Lipinski definition) is 5. The molecular weight excluding hydrogens is 350 g/mol. The summed E-state index contributed by atoms with van der Waals surface area (Å²) in [6.07, 6.45) is 5.66. The predicted octanol–water partition coefficient (Wildman–Crippen LogP) is 3.71. The third kappa shape index (κ3) is 2.83. The number of aromatic nitrogens is 4. The monoisotopic (exact) mass is 369 g/mol. The summed E-state index contributed by atoms with van der Waals surface area (Å²) >= 11 is 6.30. The van der Waals surface area contributed by atoms with E-state index in [4.69, 9.17) is 21.3 Å². The van der Waals surface area contributed by atoms with Crippen molar-refractivity contribution in [2.75, 3.05) is 31.2 Å². The average Bonchev–Trinajstić information content (AvgIpc) is 3.03. The van der Waals surface area contributed by atoms with Crippen molar-refractivity contribution in [1.29, 1.82) is 0 Å². The van der Waals surface area contributed by atoms with Gasteiger partial charge in [-0.05, 0) is 25.3 Å². The number of benzene rings is 1. The smallest absolute Gasteiger partial charge is 0.227 e. The van der Waals surface area contributed by atoms with Gasteiger partial charge in [-0.15, -0.1) is 0 Å². The predicted molar refractivity (Wildman–Crippen MR) is 102 cm³/mol. The molecule has 0 spiro atoms. The topological polar surface area (TPSA) is 56.1 Å². The molecule has 2 aliphatic rings. The fourth-order valence-electron chi connectivity index (χ4n) is 3.58. The van der Waals surface area contributed by atoms with Gasteiger partial charge in [0.2, 0.25) is 5.95 Å². The van der Waals surface area contributed by atoms with Gasteiger partial charge in [0.15, 0.2) is 0 Å². The molecule has 1 aliphatic carbocycles. The summed E-state index contributed by atoms with van der Waals surface area (Å²) in [5.74, 6) is 0.670. The molecule has 26 heavy (non-hydrogen) atoms. The molecule has 3 heterocycles. The highest BCUT2D eigenvalue weighted by molar-refractivity contribution is 6.29. The lowest BCUT2D eigenvalue weighted by Gasteiger charge is -2.27. The van der Waals surface area contributed by atoms with E-state index in [2.05, 4.69) is 37.9 Å². The number of morpholine rings is 1. The van der Waals surface area contributed by atoms with Crippen LogP contribution in [0, 0.1) is 0 Å². The van der Waals surface area contributed by atoms with Crippen molar-refractivity contribution in [3.63, 3.8) is 0 Å². The first kappa shape index (κ1) is 16.0. The van der Waals surface area contributed by atoms with Crippen LogP contribution in [0.4, 0.5) is 5.95 Å². The maximum absolute atomic E-state index is 6.30. The highest BCUT2D eigenvalue weighted by Crippen LogP contribution is 2.35. The molecule has 0 N–H and O–H groups in total. The molecule has 1 aromatic carbocycles. The Kier molecular flexibility index (Phi) is 4.02. The lowest BCUT2D eigenvalue weighted by Crippen LogP contribution is -2.37. The van der Waals surface area contributed by atoms with Crippen LogP contribution in [0.1, 0.15) is 25.3 Å². The normalized spacial score (nSPS) is 18.3. The van der Waals surface area contributed by atoms with Gasteiger partial charge in [0, 0.05) is 30.1 Å². The highest BCUT2D eigenvalue weighted by atomic mass is 35.5. The number of ether oxygens (including phenoxy) is 1. The Morgan fingerprint density at radius 3 is 2.69 bits per heavy atom. The van der Waals surface area contributed by atoms with Gasteiger partial charge in [0.25, 0.3) is 0 Å². The summed E-state index contributed by atoms with van der Waals surface area (Å²) in [6, 6.07) is 8.72. The van der Waals surface area contributed by atoms with E-state index in [1.165, 1.54) is 19.3 Å². The number of nitrogens with zero attached hydrogens (tertiary/aromatic N) is 5.